The van der Waals surface area contributed by atoms with Crippen LogP contribution in [0.2, 0.25) is 0 Å². The van der Waals surface area contributed by atoms with Gasteiger partial charge in [-0.3, -0.25) is 0 Å². The lowest BCUT2D eigenvalue weighted by Gasteiger charge is -2.32. The van der Waals surface area contributed by atoms with Crippen molar-refractivity contribution in [2.45, 2.75) is 37.6 Å². The smallest absolute Gasteiger partial charge is 0.167 e. The quantitative estimate of drug-likeness (QED) is 0.873. The fraction of sp³-hybridized carbons (Fsp3) is 0.471. The Morgan fingerprint density at radius 3 is 2.78 bits per heavy atom. The number of hydrogen-bond donors (Lipinski definition) is 2. The summed E-state index contributed by atoms with van der Waals surface area (Å²) in [7, 11) is 1.64. The van der Waals surface area contributed by atoms with E-state index < -0.39 is 6.10 Å². The van der Waals surface area contributed by atoms with Crippen molar-refractivity contribution in [3.05, 3.63) is 36.0 Å². The van der Waals surface area contributed by atoms with Crippen molar-refractivity contribution in [2.75, 3.05) is 13.7 Å². The molecule has 3 rings (SSSR count). The van der Waals surface area contributed by atoms with Gasteiger partial charge in [-0.1, -0.05) is 5.16 Å². The summed E-state index contributed by atoms with van der Waals surface area (Å²) in [6.45, 7) is 0.327. The molecule has 1 saturated heterocycles. The number of aromatic nitrogens is 1. The molecule has 3 N–H and O–H groups in total. The molecule has 0 radical (unpaired) electrons. The summed E-state index contributed by atoms with van der Waals surface area (Å²) in [5.74, 6) is 1.52. The minimum absolute atomic E-state index is 0.0146. The Morgan fingerprint density at radius 1 is 1.30 bits per heavy atom. The number of rotatable bonds is 5. The van der Waals surface area contributed by atoms with Crippen LogP contribution in [0.25, 0.3) is 11.3 Å². The van der Waals surface area contributed by atoms with E-state index in [0.29, 0.717) is 25.1 Å². The number of nitrogens with zero attached hydrogens (tertiary/aromatic N) is 1. The van der Waals surface area contributed by atoms with E-state index in [9.17, 15) is 5.11 Å². The molecule has 0 bridgehead atoms. The number of ether oxygens (including phenoxy) is 2. The van der Waals surface area contributed by atoms with Crippen molar-refractivity contribution < 1.29 is 19.1 Å². The van der Waals surface area contributed by atoms with Crippen LogP contribution in [0.3, 0.4) is 0 Å². The first-order valence-electron chi connectivity index (χ1n) is 7.83. The minimum Gasteiger partial charge on any atom is -0.497 e. The second-order valence-electron chi connectivity index (χ2n) is 5.79. The van der Waals surface area contributed by atoms with E-state index in [2.05, 4.69) is 5.16 Å². The molecule has 0 amide bonds. The third kappa shape index (κ3) is 3.72. The van der Waals surface area contributed by atoms with Crippen LogP contribution in [-0.2, 0) is 11.2 Å². The number of hydrogen-bond acceptors (Lipinski definition) is 6. The summed E-state index contributed by atoms with van der Waals surface area (Å²) in [5.41, 5.74) is 7.41. The molecule has 23 heavy (non-hydrogen) atoms. The Balaban J connectivity index is 1.65. The summed E-state index contributed by atoms with van der Waals surface area (Å²) in [6.07, 6.45) is 1.41. The first kappa shape index (κ1) is 16.0. The summed E-state index contributed by atoms with van der Waals surface area (Å²) in [4.78, 5) is 0. The summed E-state index contributed by atoms with van der Waals surface area (Å²) < 4.78 is 16.4. The maximum atomic E-state index is 9.80. The molecule has 0 unspecified atom stereocenters. The van der Waals surface area contributed by atoms with Crippen LogP contribution >= 0.6 is 0 Å². The van der Waals surface area contributed by atoms with Crippen molar-refractivity contribution in [2.24, 2.45) is 5.73 Å². The highest BCUT2D eigenvalue weighted by Gasteiger charge is 2.29. The highest BCUT2D eigenvalue weighted by molar-refractivity contribution is 5.58. The molecule has 1 aliphatic rings. The lowest BCUT2D eigenvalue weighted by molar-refractivity contribution is -0.111. The molecular weight excluding hydrogens is 296 g/mol. The Bertz CT molecular complexity index is 626. The third-order valence-electron chi connectivity index (χ3n) is 4.18. The molecule has 2 aromatic rings. The van der Waals surface area contributed by atoms with Gasteiger partial charge in [-0.15, -0.1) is 0 Å². The zero-order valence-electron chi connectivity index (χ0n) is 13.1. The average Bonchev–Trinajstić information content (AvgIpc) is 3.05. The maximum absolute atomic E-state index is 9.80. The predicted octanol–water partition coefficient (Wildman–Crippen LogP) is 1.76. The van der Waals surface area contributed by atoms with Gasteiger partial charge in [-0.25, -0.2) is 0 Å². The van der Waals surface area contributed by atoms with Gasteiger partial charge >= 0.3 is 0 Å². The largest absolute Gasteiger partial charge is 0.497 e. The Kier molecular flexibility index (Phi) is 4.95. The van der Waals surface area contributed by atoms with Gasteiger partial charge in [0.1, 0.15) is 5.75 Å². The van der Waals surface area contributed by atoms with Gasteiger partial charge in [0.15, 0.2) is 5.76 Å². The highest BCUT2D eigenvalue weighted by atomic mass is 16.5. The SMILES string of the molecule is COc1ccc(-c2cc(C[C@@H]3CC[C@H](O)[C@@H](CN)O3)no2)cc1. The fourth-order valence-corrected chi connectivity index (χ4v) is 2.84. The van der Waals surface area contributed by atoms with Gasteiger partial charge in [-0.05, 0) is 37.1 Å². The molecule has 0 aliphatic carbocycles. The second kappa shape index (κ2) is 7.12. The Hall–Kier alpha value is -1.89. The van der Waals surface area contributed by atoms with Crippen LogP contribution in [0.15, 0.2) is 34.9 Å². The van der Waals surface area contributed by atoms with Crippen LogP contribution in [0.1, 0.15) is 18.5 Å². The number of aliphatic hydroxyl groups is 1. The van der Waals surface area contributed by atoms with Gasteiger partial charge in [0.2, 0.25) is 0 Å². The number of nitrogens with two attached hydrogens (primary N) is 1. The van der Waals surface area contributed by atoms with Crippen molar-refractivity contribution in [1.29, 1.82) is 0 Å². The highest BCUT2D eigenvalue weighted by Crippen LogP contribution is 2.26. The predicted molar refractivity (Wildman–Crippen MR) is 85.2 cm³/mol. The first-order chi connectivity index (χ1) is 11.2. The number of aliphatic hydroxyl groups excluding tert-OH is 1. The Labute approximate surface area is 135 Å². The van der Waals surface area contributed by atoms with Gasteiger partial charge < -0.3 is 24.8 Å². The summed E-state index contributed by atoms with van der Waals surface area (Å²) in [6, 6.07) is 9.56. The first-order valence-corrected chi connectivity index (χ1v) is 7.83. The maximum Gasteiger partial charge on any atom is 0.167 e. The second-order valence-corrected chi connectivity index (χ2v) is 5.79. The normalized spacial score (nSPS) is 24.6. The van der Waals surface area contributed by atoms with Crippen molar-refractivity contribution in [3.63, 3.8) is 0 Å². The zero-order valence-corrected chi connectivity index (χ0v) is 13.1. The molecule has 124 valence electrons. The summed E-state index contributed by atoms with van der Waals surface area (Å²) in [5, 5.41) is 13.9. The van der Waals surface area contributed by atoms with Gasteiger partial charge in [0.05, 0.1) is 31.1 Å². The topological polar surface area (TPSA) is 90.7 Å². The molecule has 2 heterocycles. The molecule has 6 heteroatoms. The molecule has 0 saturated carbocycles. The van der Waals surface area contributed by atoms with Gasteiger partial charge in [0, 0.05) is 24.6 Å². The molecule has 6 nitrogen and oxygen atoms in total. The van der Waals surface area contributed by atoms with Crippen molar-refractivity contribution in [3.8, 4) is 17.1 Å². The standard InChI is InChI=1S/C17H22N2O4/c1-21-13-4-2-11(3-5-13)16-9-12(19-23-16)8-14-6-7-15(20)17(10-18)22-14/h2-5,9,14-15,17,20H,6-8,10,18H2,1H3/t14-,15-,17+/m0/s1. The van der Waals surface area contributed by atoms with E-state index in [1.54, 1.807) is 7.11 Å². The third-order valence-corrected chi connectivity index (χ3v) is 4.18. The number of benzene rings is 1. The average molecular weight is 318 g/mol. The number of methoxy groups -OCH3 is 1. The van der Waals surface area contributed by atoms with Crippen LogP contribution in [0, 0.1) is 0 Å². The zero-order chi connectivity index (χ0) is 16.2. The lowest BCUT2D eigenvalue weighted by Crippen LogP contribution is -2.44. The molecule has 1 aromatic heterocycles. The van der Waals surface area contributed by atoms with E-state index in [0.717, 1.165) is 23.4 Å². The molecule has 3 atom stereocenters. The minimum atomic E-state index is -0.469. The summed E-state index contributed by atoms with van der Waals surface area (Å²) >= 11 is 0. The monoisotopic (exact) mass is 318 g/mol. The fourth-order valence-electron chi connectivity index (χ4n) is 2.84. The molecule has 1 fully saturated rings. The lowest BCUT2D eigenvalue weighted by atomic mass is 9.98. The Morgan fingerprint density at radius 2 is 2.09 bits per heavy atom. The van der Waals surface area contributed by atoms with E-state index in [-0.39, 0.29) is 12.2 Å². The molecule has 1 aliphatic heterocycles. The van der Waals surface area contributed by atoms with E-state index >= 15 is 0 Å². The van der Waals surface area contributed by atoms with Crippen molar-refractivity contribution in [1.82, 2.24) is 5.16 Å². The van der Waals surface area contributed by atoms with E-state index in [1.807, 2.05) is 30.3 Å². The van der Waals surface area contributed by atoms with Crippen molar-refractivity contribution >= 4 is 0 Å². The van der Waals surface area contributed by atoms with E-state index in [4.69, 9.17) is 19.7 Å². The molecular formula is C17H22N2O4. The van der Waals surface area contributed by atoms with Crippen LogP contribution in [-0.4, -0.2) is 42.2 Å². The van der Waals surface area contributed by atoms with Crippen LogP contribution in [0.5, 0.6) is 5.75 Å². The van der Waals surface area contributed by atoms with Gasteiger partial charge in [-0.2, -0.15) is 0 Å². The molecule has 1 aromatic carbocycles. The van der Waals surface area contributed by atoms with Gasteiger partial charge in [0.25, 0.3) is 0 Å². The van der Waals surface area contributed by atoms with Crippen LogP contribution < -0.4 is 10.5 Å². The molecule has 0 spiro atoms. The van der Waals surface area contributed by atoms with Crippen LogP contribution in [0.4, 0.5) is 0 Å². The van der Waals surface area contributed by atoms with E-state index in [1.165, 1.54) is 0 Å².